The first-order chi connectivity index (χ1) is 17.7. The first-order valence-electron chi connectivity index (χ1n) is 12.5. The first kappa shape index (κ1) is 28.2. The number of nitrogens with one attached hydrogen (secondary N) is 2. The summed E-state index contributed by atoms with van der Waals surface area (Å²) in [6.07, 6.45) is -0.0723. The highest BCUT2D eigenvalue weighted by molar-refractivity contribution is 7.89. The average molecular weight is 525 g/mol. The van der Waals surface area contributed by atoms with Gasteiger partial charge >= 0.3 is 6.09 Å². The predicted octanol–water partition coefficient (Wildman–Crippen LogP) is 5.39. The summed E-state index contributed by atoms with van der Waals surface area (Å²) in [6, 6.07) is 23.6. The Morgan fingerprint density at radius 3 is 2.14 bits per heavy atom. The summed E-state index contributed by atoms with van der Waals surface area (Å²) in [5.41, 5.74) is 2.43. The maximum absolute atomic E-state index is 13.4. The molecule has 0 aliphatic carbocycles. The van der Waals surface area contributed by atoms with Crippen LogP contribution in [0, 0.1) is 11.8 Å². The molecule has 1 amide bonds. The van der Waals surface area contributed by atoms with Crippen molar-refractivity contribution in [2.24, 2.45) is 11.8 Å². The van der Waals surface area contributed by atoms with Crippen molar-refractivity contribution in [1.29, 1.82) is 0 Å². The Kier molecular flexibility index (Phi) is 10.1. The maximum Gasteiger partial charge on any atom is 0.409 e. The summed E-state index contributed by atoms with van der Waals surface area (Å²) in [4.78, 5) is 12.4. The van der Waals surface area contributed by atoms with E-state index in [1.807, 2.05) is 67.6 Å². The molecular weight excluding hydrogens is 488 g/mol. The normalized spacial score (nSPS) is 13.2. The Bertz CT molecular complexity index is 1250. The van der Waals surface area contributed by atoms with Crippen molar-refractivity contribution in [3.63, 3.8) is 0 Å². The van der Waals surface area contributed by atoms with Crippen LogP contribution in [0.25, 0.3) is 0 Å². The zero-order valence-electron chi connectivity index (χ0n) is 21.6. The predicted molar refractivity (Wildman–Crippen MR) is 144 cm³/mol. The number of amides is 1. The molecule has 3 aromatic rings. The third-order valence-electron chi connectivity index (χ3n) is 6.07. The van der Waals surface area contributed by atoms with Gasteiger partial charge in [-0.3, -0.25) is 0 Å². The minimum absolute atomic E-state index is 0.237. The van der Waals surface area contributed by atoms with Gasteiger partial charge < -0.3 is 15.2 Å². The SMILES string of the molecule is CC(C)CCc1cccc(S(=O)(=O)N[C@@H](OC(=O)NCc2ccccc2)[C@H](C)Cc2ccccc2)c1O. The molecule has 198 valence electrons. The highest BCUT2D eigenvalue weighted by Gasteiger charge is 2.30. The highest BCUT2D eigenvalue weighted by atomic mass is 32.2. The van der Waals surface area contributed by atoms with Crippen molar-refractivity contribution in [3.8, 4) is 5.75 Å². The van der Waals surface area contributed by atoms with Gasteiger partial charge in [0.15, 0.2) is 6.23 Å². The lowest BCUT2D eigenvalue weighted by molar-refractivity contribution is 0.0592. The molecule has 7 nitrogen and oxygen atoms in total. The molecule has 3 rings (SSSR count). The lowest BCUT2D eigenvalue weighted by Crippen LogP contribution is -2.45. The molecule has 3 aromatic carbocycles. The average Bonchev–Trinajstić information content (AvgIpc) is 2.87. The van der Waals surface area contributed by atoms with Crippen molar-refractivity contribution < 1.29 is 23.1 Å². The topological polar surface area (TPSA) is 105 Å². The maximum atomic E-state index is 13.4. The van der Waals surface area contributed by atoms with Gasteiger partial charge in [0.1, 0.15) is 10.6 Å². The van der Waals surface area contributed by atoms with E-state index >= 15 is 0 Å². The molecule has 0 saturated heterocycles. The molecule has 0 saturated carbocycles. The van der Waals surface area contributed by atoms with Gasteiger partial charge in [-0.2, -0.15) is 4.72 Å². The zero-order chi connectivity index (χ0) is 26.8. The molecule has 0 aliphatic rings. The number of hydrogen-bond donors (Lipinski definition) is 3. The summed E-state index contributed by atoms with van der Waals surface area (Å²) in [5.74, 6) is -0.270. The summed E-state index contributed by atoms with van der Waals surface area (Å²) in [7, 11) is -4.21. The van der Waals surface area contributed by atoms with E-state index in [9.17, 15) is 18.3 Å². The molecule has 0 bridgehead atoms. The number of ether oxygens (including phenoxy) is 1. The number of phenolic OH excluding ortho intramolecular Hbond substituents is 1. The van der Waals surface area contributed by atoms with Crippen LogP contribution in [0.15, 0.2) is 83.8 Å². The van der Waals surface area contributed by atoms with Crippen LogP contribution >= 0.6 is 0 Å². The van der Waals surface area contributed by atoms with Gasteiger partial charge in [-0.15, -0.1) is 0 Å². The molecule has 0 fully saturated rings. The van der Waals surface area contributed by atoms with Crippen LogP contribution in [0.5, 0.6) is 5.75 Å². The molecule has 0 radical (unpaired) electrons. The standard InChI is InChI=1S/C29H36N2O5S/c1-21(2)17-18-25-15-10-16-26(27(25)32)37(34,35)31-28(22(3)19-23-11-6-4-7-12-23)36-29(33)30-20-24-13-8-5-9-14-24/h4-16,21-22,28,31-32H,17-20H2,1-3H3,(H,30,33)/t22-,28+/m1/s1. The Morgan fingerprint density at radius 2 is 1.51 bits per heavy atom. The second kappa shape index (κ2) is 13.3. The van der Waals surface area contributed by atoms with Crippen LogP contribution in [0.3, 0.4) is 0 Å². The molecule has 0 aromatic heterocycles. The first-order valence-corrected chi connectivity index (χ1v) is 14.0. The number of benzene rings is 3. The van der Waals surface area contributed by atoms with Crippen LogP contribution in [0.2, 0.25) is 0 Å². The van der Waals surface area contributed by atoms with E-state index in [0.717, 1.165) is 17.5 Å². The molecule has 0 aliphatic heterocycles. The number of para-hydroxylation sites is 1. The number of alkyl carbamates (subject to hydrolysis) is 1. The quantitative estimate of drug-likeness (QED) is 0.276. The van der Waals surface area contributed by atoms with E-state index in [4.69, 9.17) is 4.74 Å². The lowest BCUT2D eigenvalue weighted by atomic mass is 10.00. The van der Waals surface area contributed by atoms with Crippen LogP contribution in [0.4, 0.5) is 4.79 Å². The van der Waals surface area contributed by atoms with Gasteiger partial charge in [-0.05, 0) is 47.9 Å². The van der Waals surface area contributed by atoms with Crippen LogP contribution in [0.1, 0.15) is 43.9 Å². The molecule has 3 N–H and O–H groups in total. The number of sulfonamides is 1. The van der Waals surface area contributed by atoms with E-state index in [2.05, 4.69) is 23.9 Å². The zero-order valence-corrected chi connectivity index (χ0v) is 22.4. The third kappa shape index (κ3) is 8.61. The van der Waals surface area contributed by atoms with Crippen molar-refractivity contribution in [1.82, 2.24) is 10.0 Å². The van der Waals surface area contributed by atoms with Crippen molar-refractivity contribution in [2.45, 2.75) is 57.7 Å². The minimum Gasteiger partial charge on any atom is -0.506 e. The van der Waals surface area contributed by atoms with E-state index in [1.54, 1.807) is 12.1 Å². The Labute approximate surface area is 219 Å². The lowest BCUT2D eigenvalue weighted by Gasteiger charge is -2.25. The Hall–Kier alpha value is -3.36. The molecule has 0 spiro atoms. The number of phenols is 1. The molecular formula is C29H36N2O5S. The van der Waals surface area contributed by atoms with Gasteiger partial charge in [-0.25, -0.2) is 13.2 Å². The largest absolute Gasteiger partial charge is 0.506 e. The van der Waals surface area contributed by atoms with Gasteiger partial charge in [-0.1, -0.05) is 93.6 Å². The van der Waals surface area contributed by atoms with E-state index in [-0.39, 0.29) is 17.2 Å². The second-order valence-corrected chi connectivity index (χ2v) is 11.3. The Morgan fingerprint density at radius 1 is 0.892 bits per heavy atom. The van der Waals surface area contributed by atoms with Crippen molar-refractivity contribution in [2.75, 3.05) is 0 Å². The second-order valence-electron chi connectivity index (χ2n) is 9.65. The Balaban J connectivity index is 1.80. The summed E-state index contributed by atoms with van der Waals surface area (Å²) < 4.78 is 34.9. The molecule has 0 unspecified atom stereocenters. The van der Waals surface area contributed by atoms with Crippen LogP contribution < -0.4 is 10.0 Å². The fourth-order valence-electron chi connectivity index (χ4n) is 3.92. The fourth-order valence-corrected chi connectivity index (χ4v) is 5.28. The number of aryl methyl sites for hydroxylation is 1. The van der Waals surface area contributed by atoms with Crippen molar-refractivity contribution >= 4 is 16.1 Å². The molecule has 37 heavy (non-hydrogen) atoms. The molecule has 2 atom stereocenters. The van der Waals surface area contributed by atoms with Gasteiger partial charge in [0.25, 0.3) is 0 Å². The van der Waals surface area contributed by atoms with E-state index < -0.39 is 28.3 Å². The van der Waals surface area contributed by atoms with E-state index in [1.165, 1.54) is 6.07 Å². The number of aromatic hydroxyl groups is 1. The van der Waals surface area contributed by atoms with Crippen molar-refractivity contribution in [3.05, 3.63) is 95.6 Å². The fraction of sp³-hybridized carbons (Fsp3) is 0.345. The van der Waals surface area contributed by atoms with Gasteiger partial charge in [0.2, 0.25) is 10.0 Å². The van der Waals surface area contributed by atoms with E-state index in [0.29, 0.717) is 24.3 Å². The van der Waals surface area contributed by atoms with Crippen LogP contribution in [-0.4, -0.2) is 25.8 Å². The smallest absolute Gasteiger partial charge is 0.409 e. The number of carbonyl (C=O) groups is 1. The number of carbonyl (C=O) groups excluding carboxylic acids is 1. The summed E-state index contributed by atoms with van der Waals surface area (Å²) in [6.45, 7) is 6.19. The minimum atomic E-state index is -4.21. The third-order valence-corrected chi connectivity index (χ3v) is 7.52. The number of hydrogen-bond acceptors (Lipinski definition) is 5. The van der Waals surface area contributed by atoms with Crippen LogP contribution in [-0.2, 0) is 34.1 Å². The highest BCUT2D eigenvalue weighted by Crippen LogP contribution is 2.29. The summed E-state index contributed by atoms with van der Waals surface area (Å²) >= 11 is 0. The molecule has 8 heteroatoms. The number of rotatable bonds is 12. The monoisotopic (exact) mass is 524 g/mol. The molecule has 0 heterocycles. The summed E-state index contributed by atoms with van der Waals surface area (Å²) in [5, 5.41) is 13.5. The van der Waals surface area contributed by atoms with Gasteiger partial charge in [0, 0.05) is 12.5 Å². The van der Waals surface area contributed by atoms with Gasteiger partial charge in [0.05, 0.1) is 0 Å².